The lowest BCUT2D eigenvalue weighted by molar-refractivity contribution is 0.590. The van der Waals surface area contributed by atoms with Gasteiger partial charge in [-0.2, -0.15) is 0 Å². The molecule has 3 nitrogen and oxygen atoms in total. The molecule has 334 valence electrons. The lowest BCUT2D eigenvalue weighted by atomic mass is 9.33. The molecule has 1 aliphatic carbocycles. The third kappa shape index (κ3) is 6.27. The molecule has 9 aromatic carbocycles. The normalized spacial score (nSPS) is 14.4. The van der Waals surface area contributed by atoms with Gasteiger partial charge in [-0.25, -0.2) is 0 Å². The Kier molecular flexibility index (Phi) is 8.88. The fourth-order valence-electron chi connectivity index (χ4n) is 11.9. The number of hydrogen-bond acceptors (Lipinski definition) is 3. The molecule has 10 aromatic rings. The van der Waals surface area contributed by atoms with E-state index in [4.69, 9.17) is 4.42 Å². The highest BCUT2D eigenvalue weighted by atomic mass is 16.3. The maximum atomic E-state index is 6.37. The van der Waals surface area contributed by atoms with Gasteiger partial charge in [0.2, 0.25) is 0 Å². The Morgan fingerprint density at radius 1 is 0.420 bits per heavy atom. The summed E-state index contributed by atoms with van der Waals surface area (Å²) in [5, 5.41) is 2.29. The fourth-order valence-corrected chi connectivity index (χ4v) is 11.9. The first kappa shape index (κ1) is 41.6. The molecule has 0 amide bonds. The lowest BCUT2D eigenvalue weighted by Gasteiger charge is -2.45. The van der Waals surface area contributed by atoms with Crippen molar-refractivity contribution in [3.05, 3.63) is 210 Å². The van der Waals surface area contributed by atoms with E-state index in [-0.39, 0.29) is 23.0 Å². The predicted molar refractivity (Wildman–Crippen MR) is 294 cm³/mol. The van der Waals surface area contributed by atoms with Crippen molar-refractivity contribution in [3.8, 4) is 33.4 Å². The third-order valence-corrected chi connectivity index (χ3v) is 15.6. The van der Waals surface area contributed by atoms with E-state index in [0.29, 0.717) is 0 Å². The first-order chi connectivity index (χ1) is 33.2. The van der Waals surface area contributed by atoms with E-state index in [0.717, 1.165) is 38.9 Å². The number of benzene rings is 9. The van der Waals surface area contributed by atoms with Crippen molar-refractivity contribution in [2.45, 2.75) is 71.6 Å². The molecule has 0 bridgehead atoms. The summed E-state index contributed by atoms with van der Waals surface area (Å²) >= 11 is 0. The molecular formula is C65H55BN2O. The Hall–Kier alpha value is -7.56. The first-order valence-electron chi connectivity index (χ1n) is 24.6. The summed E-state index contributed by atoms with van der Waals surface area (Å²) in [6.45, 7) is 18.9. The zero-order chi connectivity index (χ0) is 47.1. The summed E-state index contributed by atoms with van der Waals surface area (Å²) in [4.78, 5) is 5.18. The van der Waals surface area contributed by atoms with Crippen LogP contribution in [-0.2, 0) is 16.2 Å². The summed E-state index contributed by atoms with van der Waals surface area (Å²) in [6.07, 6.45) is 0. The van der Waals surface area contributed by atoms with Gasteiger partial charge in [-0.1, -0.05) is 183 Å². The van der Waals surface area contributed by atoms with Gasteiger partial charge in [0.05, 0.1) is 0 Å². The van der Waals surface area contributed by atoms with E-state index in [1.54, 1.807) is 0 Å². The van der Waals surface area contributed by atoms with Gasteiger partial charge in [0.15, 0.2) is 0 Å². The molecule has 2 aliphatic heterocycles. The van der Waals surface area contributed by atoms with Crippen molar-refractivity contribution in [3.63, 3.8) is 0 Å². The number of furan rings is 1. The first-order valence-corrected chi connectivity index (χ1v) is 24.6. The molecule has 3 aliphatic rings. The van der Waals surface area contributed by atoms with E-state index in [1.807, 2.05) is 6.07 Å². The summed E-state index contributed by atoms with van der Waals surface area (Å²) in [6, 6.07) is 70.7. The van der Waals surface area contributed by atoms with Crippen molar-refractivity contribution < 1.29 is 4.42 Å². The van der Waals surface area contributed by atoms with E-state index < -0.39 is 0 Å². The monoisotopic (exact) mass is 890 g/mol. The molecule has 3 heterocycles. The molecule has 0 atom stereocenters. The molecule has 13 rings (SSSR count). The van der Waals surface area contributed by atoms with Crippen molar-refractivity contribution in [1.29, 1.82) is 0 Å². The predicted octanol–water partition coefficient (Wildman–Crippen LogP) is 15.9. The number of rotatable bonds is 4. The molecule has 0 fully saturated rings. The van der Waals surface area contributed by atoms with Crippen LogP contribution in [0.2, 0.25) is 0 Å². The Bertz CT molecular complexity index is 3720. The fraction of sp³-hybridized carbons (Fsp3) is 0.169. The van der Waals surface area contributed by atoms with Gasteiger partial charge in [-0.3, -0.25) is 0 Å². The maximum Gasteiger partial charge on any atom is 0.252 e. The van der Waals surface area contributed by atoms with Crippen LogP contribution in [0.1, 0.15) is 77.6 Å². The quantitative estimate of drug-likeness (QED) is 0.164. The molecule has 69 heavy (non-hydrogen) atoms. The Morgan fingerprint density at radius 3 is 1.68 bits per heavy atom. The van der Waals surface area contributed by atoms with Gasteiger partial charge in [-0.05, 0) is 144 Å². The van der Waals surface area contributed by atoms with Crippen molar-refractivity contribution in [2.75, 3.05) is 9.80 Å². The maximum absolute atomic E-state index is 6.37. The molecule has 1 aromatic heterocycles. The summed E-state index contributed by atoms with van der Waals surface area (Å²) in [5.74, 6) is 0. The summed E-state index contributed by atoms with van der Waals surface area (Å²) < 4.78 is 6.37. The highest BCUT2D eigenvalue weighted by Crippen LogP contribution is 2.53. The zero-order valence-corrected chi connectivity index (χ0v) is 40.8. The van der Waals surface area contributed by atoms with Gasteiger partial charge in [0.1, 0.15) is 11.2 Å². The number of nitrogens with zero attached hydrogens (tertiary/aromatic N) is 2. The van der Waals surface area contributed by atoms with E-state index in [1.165, 1.54) is 89.2 Å². The average Bonchev–Trinajstić information content (AvgIpc) is 3.84. The average molecular weight is 891 g/mol. The number of hydrogen-bond donors (Lipinski definition) is 0. The second-order valence-electron chi connectivity index (χ2n) is 22.2. The van der Waals surface area contributed by atoms with Crippen LogP contribution in [0.4, 0.5) is 34.1 Å². The van der Waals surface area contributed by atoms with Crippen LogP contribution in [0.15, 0.2) is 192 Å². The minimum Gasteiger partial charge on any atom is -0.456 e. The number of fused-ring (bicyclic) bond motifs is 10. The Labute approximate surface area is 406 Å². The standard InChI is InChI=1S/C65H55BN2O/c1-63(2,3)43-29-34-53-55(35-43)67(45-30-25-41(26-31-45)40-17-10-9-11-18-40)57-36-44(64(4,5)6)37-58-62(57)66(53)54-38-50-48-19-12-14-22-51(48)65(7,8)52(50)39-56(54)68(58)46-32-27-42(28-33-46)47-21-16-24-60-61(47)49-20-13-15-23-59(49)69-60/h9-39H,1-8H3. The van der Waals surface area contributed by atoms with E-state index >= 15 is 0 Å². The second kappa shape index (κ2) is 14.7. The smallest absolute Gasteiger partial charge is 0.252 e. The van der Waals surface area contributed by atoms with Crippen LogP contribution in [0.3, 0.4) is 0 Å². The van der Waals surface area contributed by atoms with Gasteiger partial charge in [0, 0.05) is 50.3 Å². The van der Waals surface area contributed by atoms with Crippen molar-refractivity contribution >= 4 is 79.2 Å². The highest BCUT2D eigenvalue weighted by molar-refractivity contribution is 7.00. The van der Waals surface area contributed by atoms with Crippen LogP contribution in [0.5, 0.6) is 0 Å². The lowest BCUT2D eigenvalue weighted by Crippen LogP contribution is -2.61. The molecular weight excluding hydrogens is 836 g/mol. The molecule has 0 N–H and O–H groups in total. The van der Waals surface area contributed by atoms with Crippen LogP contribution in [0.25, 0.3) is 55.3 Å². The van der Waals surface area contributed by atoms with Crippen LogP contribution in [-0.4, -0.2) is 6.71 Å². The number of para-hydroxylation sites is 1. The number of anilines is 6. The zero-order valence-electron chi connectivity index (χ0n) is 40.8. The SMILES string of the molecule is CC(C)(C)c1ccc2c(c1)N(c1ccc(-c3ccccc3)cc1)c1cc(C(C)(C)C)cc3c1B2c1cc2c(cc1N3c1ccc(-c3cccc4oc5ccccc5c34)cc1)C(C)(C)c1ccccc1-2. The van der Waals surface area contributed by atoms with E-state index in [2.05, 4.69) is 247 Å². The van der Waals surface area contributed by atoms with Gasteiger partial charge < -0.3 is 14.2 Å². The topological polar surface area (TPSA) is 19.6 Å². The van der Waals surface area contributed by atoms with Crippen LogP contribution < -0.4 is 26.2 Å². The van der Waals surface area contributed by atoms with Gasteiger partial charge in [-0.15, -0.1) is 0 Å². The van der Waals surface area contributed by atoms with Gasteiger partial charge >= 0.3 is 0 Å². The summed E-state index contributed by atoms with van der Waals surface area (Å²) in [7, 11) is 0. The molecule has 0 radical (unpaired) electrons. The minimum absolute atomic E-state index is 0.00782. The molecule has 0 unspecified atom stereocenters. The van der Waals surface area contributed by atoms with Crippen molar-refractivity contribution in [2.24, 2.45) is 0 Å². The van der Waals surface area contributed by atoms with E-state index in [9.17, 15) is 0 Å². The van der Waals surface area contributed by atoms with Crippen LogP contribution >= 0.6 is 0 Å². The Balaban J connectivity index is 1.09. The molecule has 0 saturated heterocycles. The van der Waals surface area contributed by atoms with Crippen LogP contribution in [0, 0.1) is 0 Å². The molecule has 0 spiro atoms. The third-order valence-electron chi connectivity index (χ3n) is 15.6. The highest BCUT2D eigenvalue weighted by Gasteiger charge is 2.46. The van der Waals surface area contributed by atoms with Crippen molar-refractivity contribution in [1.82, 2.24) is 0 Å². The van der Waals surface area contributed by atoms with Gasteiger partial charge in [0.25, 0.3) is 6.71 Å². The molecule has 0 saturated carbocycles. The molecule has 4 heteroatoms. The minimum atomic E-state index is -0.171. The Morgan fingerprint density at radius 2 is 0.986 bits per heavy atom. The summed E-state index contributed by atoms with van der Waals surface area (Å²) in [5.41, 5.74) is 25.5. The largest absolute Gasteiger partial charge is 0.456 e. The second-order valence-corrected chi connectivity index (χ2v) is 22.2.